The minimum atomic E-state index is -0.811. The Bertz CT molecular complexity index is 610. The molecule has 3 N–H and O–H groups in total. The van der Waals surface area contributed by atoms with Crippen LogP contribution in [0.5, 0.6) is 0 Å². The molecule has 126 valence electrons. The van der Waals surface area contributed by atoms with Crippen molar-refractivity contribution in [1.29, 1.82) is 0 Å². The van der Waals surface area contributed by atoms with Gasteiger partial charge in [0.2, 0.25) is 5.91 Å². The van der Waals surface area contributed by atoms with E-state index < -0.39 is 5.54 Å². The number of nitrogens with one attached hydrogen (secondary N) is 1. The summed E-state index contributed by atoms with van der Waals surface area (Å²) < 4.78 is 1.87. The number of halogens is 1. The number of aromatic nitrogens is 2. The molecule has 0 aliphatic rings. The lowest BCUT2D eigenvalue weighted by Gasteiger charge is -2.22. The van der Waals surface area contributed by atoms with Gasteiger partial charge in [0.25, 0.3) is 0 Å². The van der Waals surface area contributed by atoms with Gasteiger partial charge >= 0.3 is 0 Å². The molecule has 1 heterocycles. The van der Waals surface area contributed by atoms with E-state index >= 15 is 0 Å². The van der Waals surface area contributed by atoms with Crippen molar-refractivity contribution in [2.45, 2.75) is 45.3 Å². The molecule has 0 aliphatic heterocycles. The van der Waals surface area contributed by atoms with Gasteiger partial charge < -0.3 is 11.1 Å². The highest BCUT2D eigenvalue weighted by Crippen LogP contribution is 2.09. The number of hydrogen-bond acceptors (Lipinski definition) is 3. The van der Waals surface area contributed by atoms with E-state index in [1.807, 2.05) is 36.0 Å². The third-order valence-corrected chi connectivity index (χ3v) is 3.62. The van der Waals surface area contributed by atoms with E-state index in [9.17, 15) is 4.79 Å². The van der Waals surface area contributed by atoms with E-state index in [1.165, 1.54) is 5.56 Å². The maximum absolute atomic E-state index is 12.1. The maximum Gasteiger partial charge on any atom is 0.240 e. The van der Waals surface area contributed by atoms with Gasteiger partial charge in [-0.2, -0.15) is 5.10 Å². The summed E-state index contributed by atoms with van der Waals surface area (Å²) in [4.78, 5) is 12.1. The zero-order valence-electron chi connectivity index (χ0n) is 13.7. The minimum absolute atomic E-state index is 0. The summed E-state index contributed by atoms with van der Waals surface area (Å²) in [6, 6.07) is 10.1. The Kier molecular flexibility index (Phi) is 7.26. The Morgan fingerprint density at radius 3 is 2.65 bits per heavy atom. The standard InChI is InChI=1S/C17H24N4O.ClH/c1-3-9-17(2,18)16(22)19-10-15-11-20-21(13-15)12-14-7-5-4-6-8-14;/h4-8,11,13H,3,9-10,12,18H2,1-2H3,(H,19,22);1H. The average molecular weight is 337 g/mol. The number of nitrogens with zero attached hydrogens (tertiary/aromatic N) is 2. The molecule has 23 heavy (non-hydrogen) atoms. The fourth-order valence-electron chi connectivity index (χ4n) is 2.37. The van der Waals surface area contributed by atoms with Crippen LogP contribution in [0.25, 0.3) is 0 Å². The molecule has 0 radical (unpaired) electrons. The van der Waals surface area contributed by atoms with Crippen molar-refractivity contribution in [2.75, 3.05) is 0 Å². The van der Waals surface area contributed by atoms with Crippen molar-refractivity contribution in [3.05, 3.63) is 53.9 Å². The molecule has 2 rings (SSSR count). The fourth-order valence-corrected chi connectivity index (χ4v) is 2.37. The quantitative estimate of drug-likeness (QED) is 0.815. The first-order chi connectivity index (χ1) is 10.5. The largest absolute Gasteiger partial charge is 0.350 e. The van der Waals surface area contributed by atoms with Crippen molar-refractivity contribution in [3.8, 4) is 0 Å². The van der Waals surface area contributed by atoms with Crippen LogP contribution in [0.4, 0.5) is 0 Å². The third-order valence-electron chi connectivity index (χ3n) is 3.62. The molecule has 1 aromatic heterocycles. The molecule has 1 amide bonds. The van der Waals surface area contributed by atoms with Crippen LogP contribution in [0.15, 0.2) is 42.7 Å². The summed E-state index contributed by atoms with van der Waals surface area (Å²) in [6.07, 6.45) is 5.28. The Hall–Kier alpha value is -1.85. The lowest BCUT2D eigenvalue weighted by atomic mass is 9.96. The molecule has 5 nitrogen and oxygen atoms in total. The molecule has 0 saturated heterocycles. The zero-order valence-corrected chi connectivity index (χ0v) is 14.5. The average Bonchev–Trinajstić information content (AvgIpc) is 2.93. The fraction of sp³-hybridized carbons (Fsp3) is 0.412. The Morgan fingerprint density at radius 1 is 1.30 bits per heavy atom. The van der Waals surface area contributed by atoms with Crippen LogP contribution in [0, 0.1) is 0 Å². The van der Waals surface area contributed by atoms with Crippen LogP contribution in [-0.2, 0) is 17.9 Å². The number of benzene rings is 1. The monoisotopic (exact) mass is 336 g/mol. The number of hydrogen-bond donors (Lipinski definition) is 2. The molecule has 6 heteroatoms. The normalized spacial score (nSPS) is 13.0. The minimum Gasteiger partial charge on any atom is -0.350 e. The van der Waals surface area contributed by atoms with Crippen LogP contribution in [0.3, 0.4) is 0 Å². The molecule has 2 aromatic rings. The Balaban J connectivity index is 0.00000264. The van der Waals surface area contributed by atoms with Gasteiger partial charge in [-0.25, -0.2) is 0 Å². The van der Waals surface area contributed by atoms with Crippen molar-refractivity contribution in [2.24, 2.45) is 5.73 Å². The van der Waals surface area contributed by atoms with Crippen LogP contribution in [-0.4, -0.2) is 21.2 Å². The number of carbonyl (C=O) groups excluding carboxylic acids is 1. The smallest absolute Gasteiger partial charge is 0.240 e. The first kappa shape index (κ1) is 19.2. The number of nitrogens with two attached hydrogens (primary N) is 1. The lowest BCUT2D eigenvalue weighted by Crippen LogP contribution is -2.51. The number of amides is 1. The lowest BCUT2D eigenvalue weighted by molar-refractivity contribution is -0.126. The molecule has 0 bridgehead atoms. The van der Waals surface area contributed by atoms with Crippen LogP contribution >= 0.6 is 12.4 Å². The molecule has 1 atom stereocenters. The topological polar surface area (TPSA) is 72.9 Å². The highest BCUT2D eigenvalue weighted by molar-refractivity contribution is 5.85. The molecule has 0 saturated carbocycles. The Labute approximate surface area is 143 Å². The van der Waals surface area contributed by atoms with Gasteiger partial charge in [0.1, 0.15) is 0 Å². The van der Waals surface area contributed by atoms with Gasteiger partial charge in [-0.1, -0.05) is 43.7 Å². The Morgan fingerprint density at radius 2 is 2.00 bits per heavy atom. The molecular weight excluding hydrogens is 312 g/mol. The van der Waals surface area contributed by atoms with Crippen molar-refractivity contribution in [1.82, 2.24) is 15.1 Å². The molecule has 0 aliphatic carbocycles. The van der Waals surface area contributed by atoms with Gasteiger partial charge in [-0.05, 0) is 18.9 Å². The predicted octanol–water partition coefficient (Wildman–Crippen LogP) is 2.49. The molecule has 0 spiro atoms. The second kappa shape index (κ2) is 8.70. The van der Waals surface area contributed by atoms with Crippen LogP contribution < -0.4 is 11.1 Å². The van der Waals surface area contributed by atoms with Crippen molar-refractivity contribution < 1.29 is 4.79 Å². The molecular formula is C17H25ClN4O. The first-order valence-electron chi connectivity index (χ1n) is 7.63. The second-order valence-corrected chi connectivity index (χ2v) is 5.88. The second-order valence-electron chi connectivity index (χ2n) is 5.88. The molecule has 1 unspecified atom stereocenters. The third kappa shape index (κ3) is 5.69. The first-order valence-corrected chi connectivity index (χ1v) is 7.63. The summed E-state index contributed by atoms with van der Waals surface area (Å²) >= 11 is 0. The molecule has 1 aromatic carbocycles. The highest BCUT2D eigenvalue weighted by Gasteiger charge is 2.26. The van der Waals surface area contributed by atoms with E-state index in [0.717, 1.165) is 18.5 Å². The van der Waals surface area contributed by atoms with Gasteiger partial charge in [0.15, 0.2) is 0 Å². The summed E-state index contributed by atoms with van der Waals surface area (Å²) in [7, 11) is 0. The van der Waals surface area contributed by atoms with Crippen molar-refractivity contribution >= 4 is 18.3 Å². The van der Waals surface area contributed by atoms with Gasteiger partial charge in [-0.15, -0.1) is 12.4 Å². The number of rotatable bonds is 7. The zero-order chi connectivity index (χ0) is 16.0. The van der Waals surface area contributed by atoms with Gasteiger partial charge in [0.05, 0.1) is 18.3 Å². The summed E-state index contributed by atoms with van der Waals surface area (Å²) in [5.74, 6) is -0.120. The van der Waals surface area contributed by atoms with Gasteiger partial charge in [0, 0.05) is 18.3 Å². The van der Waals surface area contributed by atoms with E-state index in [4.69, 9.17) is 5.73 Å². The van der Waals surface area contributed by atoms with E-state index in [-0.39, 0.29) is 18.3 Å². The summed E-state index contributed by atoms with van der Waals surface area (Å²) in [5.41, 5.74) is 7.36. The number of carbonyl (C=O) groups is 1. The predicted molar refractivity (Wildman–Crippen MR) is 94.4 cm³/mol. The maximum atomic E-state index is 12.1. The highest BCUT2D eigenvalue weighted by atomic mass is 35.5. The van der Waals surface area contributed by atoms with E-state index in [1.54, 1.807) is 13.1 Å². The van der Waals surface area contributed by atoms with E-state index in [0.29, 0.717) is 13.0 Å². The van der Waals surface area contributed by atoms with Crippen LogP contribution in [0.1, 0.15) is 37.8 Å². The van der Waals surface area contributed by atoms with Crippen LogP contribution in [0.2, 0.25) is 0 Å². The summed E-state index contributed by atoms with van der Waals surface area (Å²) in [6.45, 7) is 4.96. The SMILES string of the molecule is CCCC(C)(N)C(=O)NCc1cnn(Cc2ccccc2)c1.Cl. The van der Waals surface area contributed by atoms with Gasteiger partial charge in [-0.3, -0.25) is 9.48 Å². The van der Waals surface area contributed by atoms with Crippen molar-refractivity contribution in [3.63, 3.8) is 0 Å². The molecule has 0 fully saturated rings. The van der Waals surface area contributed by atoms with E-state index in [2.05, 4.69) is 22.5 Å². The summed E-state index contributed by atoms with van der Waals surface area (Å²) in [5, 5.41) is 7.21.